The van der Waals surface area contributed by atoms with E-state index in [0.29, 0.717) is 37.0 Å². The Hall–Kier alpha value is -3.26. The van der Waals surface area contributed by atoms with Crippen molar-refractivity contribution in [3.63, 3.8) is 0 Å². The van der Waals surface area contributed by atoms with Crippen molar-refractivity contribution in [3.8, 4) is 0 Å². The van der Waals surface area contributed by atoms with Crippen LogP contribution in [-0.4, -0.2) is 43.9 Å². The van der Waals surface area contributed by atoms with Crippen LogP contribution in [0.2, 0.25) is 0 Å². The lowest BCUT2D eigenvalue weighted by molar-refractivity contribution is 0.145. The van der Waals surface area contributed by atoms with Crippen LogP contribution in [0, 0.1) is 12.7 Å². The van der Waals surface area contributed by atoms with Crippen LogP contribution in [0.1, 0.15) is 36.9 Å². The number of aryl methyl sites for hydroxylation is 1. The Kier molecular flexibility index (Phi) is 4.94. The highest BCUT2D eigenvalue weighted by molar-refractivity contribution is 5.85. The molecule has 1 aliphatic heterocycles. The molecule has 7 nitrogen and oxygen atoms in total. The Morgan fingerprint density at radius 3 is 2.84 bits per heavy atom. The number of anilines is 2. The Balaban J connectivity index is 1.59. The van der Waals surface area contributed by atoms with Crippen molar-refractivity contribution in [2.45, 2.75) is 38.8 Å². The topological polar surface area (TPSA) is 78.6 Å². The molecule has 1 aliphatic rings. The third-order valence-electron chi connectivity index (χ3n) is 6.10. The summed E-state index contributed by atoms with van der Waals surface area (Å²) in [6, 6.07) is 9.15. The van der Waals surface area contributed by atoms with Gasteiger partial charge >= 0.3 is 0 Å². The van der Waals surface area contributed by atoms with Crippen LogP contribution in [-0.2, 0) is 0 Å². The first-order valence-corrected chi connectivity index (χ1v) is 10.6. The number of rotatable bonds is 4. The van der Waals surface area contributed by atoms with Gasteiger partial charge in [-0.1, -0.05) is 0 Å². The second-order valence-electron chi connectivity index (χ2n) is 8.18. The van der Waals surface area contributed by atoms with Gasteiger partial charge < -0.3 is 15.3 Å². The molecule has 1 fully saturated rings. The van der Waals surface area contributed by atoms with E-state index in [4.69, 9.17) is 4.98 Å². The molecule has 3 aromatic heterocycles. The largest absolute Gasteiger partial charge is 0.393 e. The average molecular weight is 420 g/mol. The molecule has 0 aliphatic carbocycles. The predicted octanol–water partition coefficient (Wildman–Crippen LogP) is 3.86. The predicted molar refractivity (Wildman–Crippen MR) is 119 cm³/mol. The molecular weight excluding hydrogens is 395 g/mol. The third kappa shape index (κ3) is 3.57. The molecule has 31 heavy (non-hydrogen) atoms. The maximum Gasteiger partial charge on any atom is 0.154 e. The van der Waals surface area contributed by atoms with Crippen LogP contribution in [0.4, 0.5) is 16.0 Å². The second-order valence-corrected chi connectivity index (χ2v) is 8.18. The monoisotopic (exact) mass is 420 g/mol. The summed E-state index contributed by atoms with van der Waals surface area (Å²) in [5.74, 6) is 1.31. The van der Waals surface area contributed by atoms with Gasteiger partial charge in [0.05, 0.1) is 17.7 Å². The van der Waals surface area contributed by atoms with Gasteiger partial charge in [-0.15, -0.1) is 0 Å². The van der Waals surface area contributed by atoms with Crippen molar-refractivity contribution in [2.75, 3.05) is 23.3 Å². The van der Waals surface area contributed by atoms with Crippen molar-refractivity contribution < 1.29 is 9.50 Å². The molecule has 8 heteroatoms. The van der Waals surface area contributed by atoms with Crippen LogP contribution in [0.15, 0.2) is 42.9 Å². The summed E-state index contributed by atoms with van der Waals surface area (Å²) in [6.07, 6.45) is 4.52. The first-order chi connectivity index (χ1) is 15.0. The number of aromatic nitrogens is 4. The number of benzene rings is 1. The number of aliphatic hydroxyl groups excluding tert-OH is 1. The summed E-state index contributed by atoms with van der Waals surface area (Å²) >= 11 is 0. The van der Waals surface area contributed by atoms with Crippen molar-refractivity contribution in [1.82, 2.24) is 19.6 Å². The minimum atomic E-state index is -0.279. The number of hydrogen-bond donors (Lipinski definition) is 2. The Morgan fingerprint density at radius 1 is 1.23 bits per heavy atom. The van der Waals surface area contributed by atoms with Gasteiger partial charge in [-0.2, -0.15) is 5.10 Å². The van der Waals surface area contributed by atoms with Crippen LogP contribution < -0.4 is 10.2 Å². The van der Waals surface area contributed by atoms with Crippen LogP contribution in [0.25, 0.3) is 16.4 Å². The third-order valence-corrected chi connectivity index (χ3v) is 6.10. The quantitative estimate of drug-likeness (QED) is 0.522. The number of nitrogens with one attached hydrogen (secondary N) is 1. The van der Waals surface area contributed by atoms with E-state index in [1.54, 1.807) is 17.5 Å². The molecule has 0 saturated carbocycles. The fourth-order valence-electron chi connectivity index (χ4n) is 4.27. The number of pyridine rings is 1. The normalized spacial score (nSPS) is 16.2. The number of piperidine rings is 1. The molecule has 2 N–H and O–H groups in total. The minimum absolute atomic E-state index is 0.0993. The highest BCUT2D eigenvalue weighted by atomic mass is 19.1. The average Bonchev–Trinajstić information content (AvgIpc) is 3.26. The first-order valence-electron chi connectivity index (χ1n) is 10.6. The Morgan fingerprint density at radius 2 is 2.03 bits per heavy atom. The highest BCUT2D eigenvalue weighted by Gasteiger charge is 2.24. The molecule has 1 atom stereocenters. The standard InChI is InChI=1S/C23H25FN6O/c1-14-19(24)6-5-16-12-18(23(28-21(14)16)29-10-7-17(31)8-11-29)15(2)27-22-20-4-3-9-30(20)26-13-25-22/h3-6,9,12-13,15,17,31H,7-8,10-11H2,1-2H3,(H,25,26,27)/t15-/m0/s1. The zero-order chi connectivity index (χ0) is 21.5. The van der Waals surface area contributed by atoms with E-state index in [1.807, 2.05) is 18.3 Å². The molecular formula is C23H25FN6O. The second kappa shape index (κ2) is 7.77. The summed E-state index contributed by atoms with van der Waals surface area (Å²) in [5, 5.41) is 18.6. The van der Waals surface area contributed by atoms with Crippen molar-refractivity contribution in [3.05, 3.63) is 59.8 Å². The molecule has 0 bridgehead atoms. The molecule has 160 valence electrons. The van der Waals surface area contributed by atoms with Gasteiger partial charge in [-0.05, 0) is 57.0 Å². The van der Waals surface area contributed by atoms with E-state index in [0.717, 1.165) is 28.1 Å². The number of fused-ring (bicyclic) bond motifs is 2. The number of hydrogen-bond acceptors (Lipinski definition) is 6. The summed E-state index contributed by atoms with van der Waals surface area (Å²) in [5.41, 5.74) is 3.13. The van der Waals surface area contributed by atoms with Gasteiger partial charge in [0, 0.05) is 35.8 Å². The maximum absolute atomic E-state index is 14.2. The molecule has 0 amide bonds. The van der Waals surface area contributed by atoms with Crippen molar-refractivity contribution >= 4 is 28.1 Å². The maximum atomic E-state index is 14.2. The summed E-state index contributed by atoms with van der Waals surface area (Å²) < 4.78 is 16.0. The Labute approximate surface area is 179 Å². The zero-order valence-corrected chi connectivity index (χ0v) is 17.6. The highest BCUT2D eigenvalue weighted by Crippen LogP contribution is 2.33. The first kappa shape index (κ1) is 19.7. The molecule has 1 saturated heterocycles. The van der Waals surface area contributed by atoms with Gasteiger partial charge in [0.15, 0.2) is 5.82 Å². The summed E-state index contributed by atoms with van der Waals surface area (Å²) in [7, 11) is 0. The summed E-state index contributed by atoms with van der Waals surface area (Å²) in [4.78, 5) is 11.5. The molecule has 4 aromatic rings. The lowest BCUT2D eigenvalue weighted by atomic mass is 10.0. The van der Waals surface area contributed by atoms with Gasteiger partial charge in [0.2, 0.25) is 0 Å². The van der Waals surface area contributed by atoms with Gasteiger partial charge in [-0.25, -0.2) is 18.9 Å². The van der Waals surface area contributed by atoms with E-state index in [1.165, 1.54) is 12.4 Å². The van der Waals surface area contributed by atoms with E-state index >= 15 is 0 Å². The van der Waals surface area contributed by atoms with E-state index in [2.05, 4.69) is 33.3 Å². The number of nitrogens with zero attached hydrogens (tertiary/aromatic N) is 5. The molecule has 0 spiro atoms. The summed E-state index contributed by atoms with van der Waals surface area (Å²) in [6.45, 7) is 5.26. The SMILES string of the molecule is Cc1c(F)ccc2cc([C@H](C)Nc3ncnn4cccc34)c(N3CCC(O)CC3)nc12. The number of aliphatic hydroxyl groups is 1. The van der Waals surface area contributed by atoms with Gasteiger partial charge in [0.1, 0.15) is 23.5 Å². The van der Waals surface area contributed by atoms with Crippen molar-refractivity contribution in [1.29, 1.82) is 0 Å². The number of halogens is 1. The fourth-order valence-corrected chi connectivity index (χ4v) is 4.27. The molecule has 0 unspecified atom stereocenters. The lowest BCUT2D eigenvalue weighted by Gasteiger charge is -2.33. The van der Waals surface area contributed by atoms with Crippen LogP contribution >= 0.6 is 0 Å². The molecule has 5 rings (SSSR count). The van der Waals surface area contributed by atoms with Crippen molar-refractivity contribution in [2.24, 2.45) is 0 Å². The smallest absolute Gasteiger partial charge is 0.154 e. The van der Waals surface area contributed by atoms with Gasteiger partial charge in [-0.3, -0.25) is 0 Å². The Bertz CT molecular complexity index is 1250. The van der Waals surface area contributed by atoms with Crippen LogP contribution in [0.5, 0.6) is 0 Å². The van der Waals surface area contributed by atoms with E-state index in [9.17, 15) is 9.50 Å². The fraction of sp³-hybridized carbons (Fsp3) is 0.348. The van der Waals surface area contributed by atoms with Gasteiger partial charge in [0.25, 0.3) is 0 Å². The lowest BCUT2D eigenvalue weighted by Crippen LogP contribution is -2.37. The molecule has 4 heterocycles. The minimum Gasteiger partial charge on any atom is -0.393 e. The molecule has 0 radical (unpaired) electrons. The van der Waals surface area contributed by atoms with E-state index in [-0.39, 0.29) is 18.0 Å². The van der Waals surface area contributed by atoms with E-state index < -0.39 is 0 Å². The zero-order valence-electron chi connectivity index (χ0n) is 17.6. The molecule has 1 aromatic carbocycles. The van der Waals surface area contributed by atoms with Crippen LogP contribution in [0.3, 0.4) is 0 Å².